The number of carbonyl (C=O) groups is 2. The zero-order chi connectivity index (χ0) is 21.7. The Morgan fingerprint density at radius 3 is 2.53 bits per heavy atom. The van der Waals surface area contributed by atoms with E-state index in [9.17, 15) is 9.59 Å². The molecule has 1 saturated heterocycles. The van der Waals surface area contributed by atoms with E-state index in [-0.39, 0.29) is 5.91 Å². The highest BCUT2D eigenvalue weighted by atomic mass is 16.5. The van der Waals surface area contributed by atoms with Crippen LogP contribution < -0.4 is 5.32 Å². The van der Waals surface area contributed by atoms with E-state index in [0.717, 1.165) is 25.1 Å². The fourth-order valence-corrected chi connectivity index (χ4v) is 4.00. The van der Waals surface area contributed by atoms with Crippen molar-refractivity contribution in [1.82, 2.24) is 4.90 Å². The van der Waals surface area contributed by atoms with Gasteiger partial charge in [-0.25, -0.2) is 0 Å². The molecule has 0 aromatic heterocycles. The predicted octanol–water partition coefficient (Wildman–Crippen LogP) is 4.52. The standard InChI is InChI=1S/C25H32N2O3/c1-18-9-8-15-27(18)16-14-20-17-21(26-23(28)25(2,3)24(29)30-4)12-13-22(20)19-10-6-5-7-11-19/h5-7,10-13,17-18H,8-9,14-16H2,1-4H3,(H,26,28). The number of hydrogen-bond donors (Lipinski definition) is 1. The van der Waals surface area contributed by atoms with E-state index in [1.54, 1.807) is 13.8 Å². The predicted molar refractivity (Wildman–Crippen MR) is 120 cm³/mol. The zero-order valence-electron chi connectivity index (χ0n) is 18.4. The summed E-state index contributed by atoms with van der Waals surface area (Å²) in [5.74, 6) is -0.926. The van der Waals surface area contributed by atoms with Crippen LogP contribution in [0, 0.1) is 5.41 Å². The van der Waals surface area contributed by atoms with Crippen LogP contribution in [0.2, 0.25) is 0 Å². The van der Waals surface area contributed by atoms with E-state index in [4.69, 9.17) is 4.74 Å². The first kappa shape index (κ1) is 22.0. The first-order chi connectivity index (χ1) is 14.3. The second kappa shape index (κ2) is 9.43. The molecule has 1 aliphatic heterocycles. The number of benzene rings is 2. The van der Waals surface area contributed by atoms with Gasteiger partial charge in [-0.15, -0.1) is 0 Å². The maximum absolute atomic E-state index is 12.7. The van der Waals surface area contributed by atoms with Crippen LogP contribution in [0.5, 0.6) is 0 Å². The summed E-state index contributed by atoms with van der Waals surface area (Å²) in [5, 5.41) is 2.90. The molecule has 0 spiro atoms. The third-order valence-corrected chi connectivity index (χ3v) is 6.07. The summed E-state index contributed by atoms with van der Waals surface area (Å²) in [6.07, 6.45) is 3.41. The van der Waals surface area contributed by atoms with E-state index in [0.29, 0.717) is 11.7 Å². The van der Waals surface area contributed by atoms with Gasteiger partial charge in [0.2, 0.25) is 5.91 Å². The number of rotatable bonds is 7. The minimum Gasteiger partial charge on any atom is -0.468 e. The smallest absolute Gasteiger partial charge is 0.320 e. The highest BCUT2D eigenvalue weighted by molar-refractivity contribution is 6.08. The van der Waals surface area contributed by atoms with Crippen molar-refractivity contribution in [2.75, 3.05) is 25.5 Å². The van der Waals surface area contributed by atoms with Crippen LogP contribution in [0.25, 0.3) is 11.1 Å². The van der Waals surface area contributed by atoms with E-state index in [1.165, 1.54) is 31.1 Å². The van der Waals surface area contributed by atoms with Crippen molar-refractivity contribution in [2.24, 2.45) is 5.41 Å². The SMILES string of the molecule is COC(=O)C(C)(C)C(=O)Nc1ccc(-c2ccccc2)c(CCN2CCCC2C)c1. The first-order valence-corrected chi connectivity index (χ1v) is 10.6. The van der Waals surface area contributed by atoms with Crippen LogP contribution in [0.15, 0.2) is 48.5 Å². The lowest BCUT2D eigenvalue weighted by Crippen LogP contribution is -2.38. The minimum absolute atomic E-state index is 0.374. The molecule has 0 aliphatic carbocycles. The van der Waals surface area contributed by atoms with Gasteiger partial charge in [0.15, 0.2) is 0 Å². The molecule has 0 saturated carbocycles. The highest BCUT2D eigenvalue weighted by Gasteiger charge is 2.37. The van der Waals surface area contributed by atoms with Crippen molar-refractivity contribution in [3.05, 3.63) is 54.1 Å². The molecular weight excluding hydrogens is 376 g/mol. The fraction of sp³-hybridized carbons (Fsp3) is 0.440. The number of amides is 1. The molecule has 2 aromatic carbocycles. The third kappa shape index (κ3) is 4.90. The molecule has 0 radical (unpaired) electrons. The molecule has 1 heterocycles. The molecule has 1 aliphatic rings. The Labute approximate surface area is 179 Å². The van der Waals surface area contributed by atoms with Crippen LogP contribution in [0.1, 0.15) is 39.2 Å². The molecule has 1 fully saturated rings. The van der Waals surface area contributed by atoms with E-state index in [2.05, 4.69) is 35.3 Å². The molecular formula is C25H32N2O3. The van der Waals surface area contributed by atoms with Gasteiger partial charge in [-0.05, 0) is 75.4 Å². The van der Waals surface area contributed by atoms with Gasteiger partial charge in [-0.2, -0.15) is 0 Å². The summed E-state index contributed by atoms with van der Waals surface area (Å²) in [6.45, 7) is 7.57. The van der Waals surface area contributed by atoms with Crippen molar-refractivity contribution in [3.8, 4) is 11.1 Å². The molecule has 1 atom stereocenters. The molecule has 3 rings (SSSR count). The van der Waals surface area contributed by atoms with Gasteiger partial charge in [0.05, 0.1) is 7.11 Å². The number of hydrogen-bond acceptors (Lipinski definition) is 4. The largest absolute Gasteiger partial charge is 0.468 e. The van der Waals surface area contributed by atoms with Crippen LogP contribution >= 0.6 is 0 Å². The van der Waals surface area contributed by atoms with E-state index in [1.807, 2.05) is 30.3 Å². The monoisotopic (exact) mass is 408 g/mol. The summed E-state index contributed by atoms with van der Waals surface area (Å²) < 4.78 is 4.77. The maximum Gasteiger partial charge on any atom is 0.320 e. The topological polar surface area (TPSA) is 58.6 Å². The molecule has 1 amide bonds. The van der Waals surface area contributed by atoms with Crippen LogP contribution in [-0.2, 0) is 20.7 Å². The maximum atomic E-state index is 12.7. The summed E-state index contributed by atoms with van der Waals surface area (Å²) in [7, 11) is 1.30. The number of nitrogens with zero attached hydrogens (tertiary/aromatic N) is 1. The highest BCUT2D eigenvalue weighted by Crippen LogP contribution is 2.29. The summed E-state index contributed by atoms with van der Waals surface area (Å²) in [5.41, 5.74) is 2.97. The quantitative estimate of drug-likeness (QED) is 0.541. The van der Waals surface area contributed by atoms with Gasteiger partial charge >= 0.3 is 5.97 Å². The van der Waals surface area contributed by atoms with Gasteiger partial charge in [0, 0.05) is 18.3 Å². The lowest BCUT2D eigenvalue weighted by Gasteiger charge is -2.23. The van der Waals surface area contributed by atoms with E-state index >= 15 is 0 Å². The number of ether oxygens (including phenoxy) is 1. The summed E-state index contributed by atoms with van der Waals surface area (Å²) >= 11 is 0. The van der Waals surface area contributed by atoms with Crippen LogP contribution in [-0.4, -0.2) is 43.0 Å². The normalized spacial score (nSPS) is 17.0. The molecule has 0 bridgehead atoms. The molecule has 5 nitrogen and oxygen atoms in total. The van der Waals surface area contributed by atoms with Gasteiger partial charge in [-0.3, -0.25) is 9.59 Å². The number of esters is 1. The molecule has 2 aromatic rings. The van der Waals surface area contributed by atoms with Crippen molar-refractivity contribution in [3.63, 3.8) is 0 Å². The Morgan fingerprint density at radius 2 is 1.90 bits per heavy atom. The van der Waals surface area contributed by atoms with Crippen molar-refractivity contribution >= 4 is 17.6 Å². The average molecular weight is 409 g/mol. The Morgan fingerprint density at radius 1 is 1.17 bits per heavy atom. The first-order valence-electron chi connectivity index (χ1n) is 10.6. The van der Waals surface area contributed by atoms with Crippen molar-refractivity contribution in [1.29, 1.82) is 0 Å². The number of anilines is 1. The second-order valence-electron chi connectivity index (χ2n) is 8.59. The summed E-state index contributed by atoms with van der Waals surface area (Å²) in [6, 6.07) is 16.9. The number of carbonyl (C=O) groups excluding carboxylic acids is 2. The second-order valence-corrected chi connectivity index (χ2v) is 8.59. The summed E-state index contributed by atoms with van der Waals surface area (Å²) in [4.78, 5) is 27.2. The Balaban J connectivity index is 1.85. The zero-order valence-corrected chi connectivity index (χ0v) is 18.4. The Kier molecular flexibility index (Phi) is 6.93. The average Bonchev–Trinajstić information content (AvgIpc) is 3.17. The lowest BCUT2D eigenvalue weighted by atomic mass is 9.92. The third-order valence-electron chi connectivity index (χ3n) is 6.07. The Bertz CT molecular complexity index is 893. The van der Waals surface area contributed by atoms with Crippen LogP contribution in [0.4, 0.5) is 5.69 Å². The van der Waals surface area contributed by atoms with Crippen LogP contribution in [0.3, 0.4) is 0 Å². The van der Waals surface area contributed by atoms with Gasteiger partial charge in [0.25, 0.3) is 0 Å². The lowest BCUT2D eigenvalue weighted by molar-refractivity contribution is -0.154. The molecule has 30 heavy (non-hydrogen) atoms. The molecule has 1 unspecified atom stereocenters. The number of methoxy groups -OCH3 is 1. The Hall–Kier alpha value is -2.66. The molecule has 160 valence electrons. The van der Waals surface area contributed by atoms with E-state index < -0.39 is 11.4 Å². The van der Waals surface area contributed by atoms with Crippen molar-refractivity contribution in [2.45, 2.75) is 46.1 Å². The van der Waals surface area contributed by atoms with Gasteiger partial charge < -0.3 is 15.0 Å². The van der Waals surface area contributed by atoms with Gasteiger partial charge in [0.1, 0.15) is 5.41 Å². The number of nitrogens with one attached hydrogen (secondary N) is 1. The fourth-order valence-electron chi connectivity index (χ4n) is 4.00. The molecule has 5 heteroatoms. The minimum atomic E-state index is -1.25. The van der Waals surface area contributed by atoms with Crippen molar-refractivity contribution < 1.29 is 14.3 Å². The molecule has 1 N–H and O–H groups in total. The van der Waals surface area contributed by atoms with Gasteiger partial charge in [-0.1, -0.05) is 36.4 Å². The number of likely N-dealkylation sites (tertiary alicyclic amines) is 1.